The highest BCUT2D eigenvalue weighted by molar-refractivity contribution is 5.99. The number of nitrogens with zero attached hydrogens (tertiary/aromatic N) is 1. The van der Waals surface area contributed by atoms with Crippen molar-refractivity contribution in [1.82, 2.24) is 5.32 Å². The number of nitrogens with one attached hydrogen (secondary N) is 1. The molecule has 26 heavy (non-hydrogen) atoms. The van der Waals surface area contributed by atoms with Crippen LogP contribution < -0.4 is 5.32 Å². The van der Waals surface area contributed by atoms with Crippen LogP contribution in [0.5, 0.6) is 0 Å². The molecular weight excluding hydrogens is 328 g/mol. The summed E-state index contributed by atoms with van der Waals surface area (Å²) < 4.78 is 5.19. The molecule has 0 spiro atoms. The van der Waals surface area contributed by atoms with E-state index in [-0.39, 0.29) is 17.5 Å². The van der Waals surface area contributed by atoms with Crippen LogP contribution in [0.4, 0.5) is 0 Å². The maximum absolute atomic E-state index is 12.3. The summed E-state index contributed by atoms with van der Waals surface area (Å²) in [5, 5.41) is 12.2. The highest BCUT2D eigenvalue weighted by Gasteiger charge is 2.23. The summed E-state index contributed by atoms with van der Waals surface area (Å²) in [7, 11) is 0. The smallest absolute Gasteiger partial charge is 0.349 e. The summed E-state index contributed by atoms with van der Waals surface area (Å²) in [6, 6.07) is 9.44. The number of hydrogen-bond acceptors (Lipinski definition) is 4. The first kappa shape index (κ1) is 19.7. The highest BCUT2D eigenvalue weighted by atomic mass is 16.5. The summed E-state index contributed by atoms with van der Waals surface area (Å²) in [5.41, 5.74) is 1.70. The van der Waals surface area contributed by atoms with Crippen molar-refractivity contribution in [3.63, 3.8) is 0 Å². The number of ether oxygens (including phenoxy) is 1. The van der Waals surface area contributed by atoms with Crippen molar-refractivity contribution in [3.05, 3.63) is 41.0 Å². The normalized spacial score (nSPS) is 16.9. The van der Waals surface area contributed by atoms with Gasteiger partial charge < -0.3 is 10.1 Å². The molecular formula is C21H26N2O3. The molecule has 1 amide bonds. The standard InChI is InChI=1S/C21H26N2O3/c1-15-9-11-17(12-10-15)13-18(14-22)21(25)26-16(2)20(24)23-19-7-5-3-4-6-8-19/h9-13,16,19H,3-8H2,1-2H3,(H,23,24)/b18-13+/t16-/m1/s1. The average molecular weight is 354 g/mol. The van der Waals surface area contributed by atoms with Crippen LogP contribution in [0.3, 0.4) is 0 Å². The number of esters is 1. The minimum atomic E-state index is -0.930. The largest absolute Gasteiger partial charge is 0.448 e. The first-order valence-electron chi connectivity index (χ1n) is 9.19. The molecule has 1 aromatic rings. The SMILES string of the molecule is Cc1ccc(/C=C(\C#N)C(=O)O[C@H](C)C(=O)NC2CCCCCC2)cc1. The summed E-state index contributed by atoms with van der Waals surface area (Å²) >= 11 is 0. The maximum atomic E-state index is 12.3. The molecule has 0 unspecified atom stereocenters. The number of benzene rings is 1. The third kappa shape index (κ3) is 6.03. The van der Waals surface area contributed by atoms with E-state index in [4.69, 9.17) is 4.74 Å². The molecule has 2 rings (SSSR count). The zero-order valence-corrected chi connectivity index (χ0v) is 15.5. The van der Waals surface area contributed by atoms with E-state index in [1.165, 1.54) is 25.8 Å². The maximum Gasteiger partial charge on any atom is 0.349 e. The average Bonchev–Trinajstić information content (AvgIpc) is 2.89. The zero-order valence-electron chi connectivity index (χ0n) is 15.5. The number of carbonyl (C=O) groups is 2. The Balaban J connectivity index is 1.94. The molecule has 0 radical (unpaired) electrons. The fourth-order valence-corrected chi connectivity index (χ4v) is 2.99. The number of hydrogen-bond donors (Lipinski definition) is 1. The Kier molecular flexibility index (Phi) is 7.40. The zero-order chi connectivity index (χ0) is 18.9. The molecule has 1 aliphatic carbocycles. The van der Waals surface area contributed by atoms with E-state index in [1.54, 1.807) is 0 Å². The van der Waals surface area contributed by atoms with Crippen molar-refractivity contribution in [1.29, 1.82) is 5.26 Å². The van der Waals surface area contributed by atoms with Crippen molar-refractivity contribution in [2.75, 3.05) is 0 Å². The first-order valence-corrected chi connectivity index (χ1v) is 9.19. The summed E-state index contributed by atoms with van der Waals surface area (Å²) in [6.07, 6.45) is 7.08. The molecule has 138 valence electrons. The van der Waals surface area contributed by atoms with Crippen molar-refractivity contribution in [2.45, 2.75) is 64.5 Å². The number of nitriles is 1. The third-order valence-electron chi connectivity index (χ3n) is 4.58. The van der Waals surface area contributed by atoms with Crippen molar-refractivity contribution in [2.24, 2.45) is 0 Å². The molecule has 0 saturated heterocycles. The van der Waals surface area contributed by atoms with E-state index in [1.807, 2.05) is 37.3 Å². The van der Waals surface area contributed by atoms with E-state index in [2.05, 4.69) is 5.32 Å². The van der Waals surface area contributed by atoms with Crippen LogP contribution in [-0.4, -0.2) is 24.0 Å². The van der Waals surface area contributed by atoms with Crippen LogP contribution in [-0.2, 0) is 14.3 Å². The van der Waals surface area contributed by atoms with Gasteiger partial charge in [-0.15, -0.1) is 0 Å². The first-order chi connectivity index (χ1) is 12.5. The predicted octanol–water partition coefficient (Wildman–Crippen LogP) is 3.67. The summed E-state index contributed by atoms with van der Waals surface area (Å²) in [6.45, 7) is 3.49. The van der Waals surface area contributed by atoms with Gasteiger partial charge in [0, 0.05) is 6.04 Å². The number of rotatable bonds is 5. The van der Waals surface area contributed by atoms with E-state index >= 15 is 0 Å². The van der Waals surface area contributed by atoms with Gasteiger partial charge in [0.05, 0.1) is 0 Å². The van der Waals surface area contributed by atoms with E-state index < -0.39 is 12.1 Å². The van der Waals surface area contributed by atoms with Gasteiger partial charge in [0.15, 0.2) is 6.10 Å². The second-order valence-electron chi connectivity index (χ2n) is 6.83. The molecule has 5 heteroatoms. The van der Waals surface area contributed by atoms with Crippen LogP contribution in [0.1, 0.15) is 56.6 Å². The van der Waals surface area contributed by atoms with E-state index in [0.29, 0.717) is 0 Å². The van der Waals surface area contributed by atoms with Gasteiger partial charge in [-0.3, -0.25) is 4.79 Å². The summed E-state index contributed by atoms with van der Waals surface area (Å²) in [5.74, 6) is -1.09. The molecule has 1 atom stereocenters. The van der Waals surface area contributed by atoms with Crippen molar-refractivity contribution in [3.8, 4) is 6.07 Å². The lowest BCUT2D eigenvalue weighted by Crippen LogP contribution is -2.42. The lowest BCUT2D eigenvalue weighted by atomic mass is 10.1. The van der Waals surface area contributed by atoms with Gasteiger partial charge in [-0.25, -0.2) is 4.79 Å². The van der Waals surface area contributed by atoms with Crippen LogP contribution in [0.25, 0.3) is 6.08 Å². The Hall–Kier alpha value is -2.61. The topological polar surface area (TPSA) is 79.2 Å². The van der Waals surface area contributed by atoms with Crippen LogP contribution >= 0.6 is 0 Å². The van der Waals surface area contributed by atoms with Gasteiger partial charge in [0.25, 0.3) is 5.91 Å². The second-order valence-corrected chi connectivity index (χ2v) is 6.83. The lowest BCUT2D eigenvalue weighted by Gasteiger charge is -2.19. The molecule has 0 heterocycles. The van der Waals surface area contributed by atoms with Gasteiger partial charge in [-0.2, -0.15) is 5.26 Å². The van der Waals surface area contributed by atoms with Crippen molar-refractivity contribution < 1.29 is 14.3 Å². The minimum Gasteiger partial charge on any atom is -0.448 e. The minimum absolute atomic E-state index is 0.122. The Morgan fingerprint density at radius 1 is 1.19 bits per heavy atom. The van der Waals surface area contributed by atoms with Crippen LogP contribution in [0.2, 0.25) is 0 Å². The molecule has 0 bridgehead atoms. The Bertz CT molecular complexity index is 693. The Labute approximate surface area is 155 Å². The predicted molar refractivity (Wildman–Crippen MR) is 100.0 cm³/mol. The molecule has 1 N–H and O–H groups in total. The van der Waals surface area contributed by atoms with Crippen LogP contribution in [0, 0.1) is 18.3 Å². The molecule has 1 aromatic carbocycles. The molecule has 0 aliphatic heterocycles. The number of aryl methyl sites for hydroxylation is 1. The van der Waals surface area contributed by atoms with Gasteiger partial charge in [-0.05, 0) is 38.3 Å². The monoisotopic (exact) mass is 354 g/mol. The molecule has 1 aliphatic rings. The highest BCUT2D eigenvalue weighted by Crippen LogP contribution is 2.17. The van der Waals surface area contributed by atoms with Gasteiger partial charge in [0.2, 0.25) is 0 Å². The Morgan fingerprint density at radius 2 is 1.81 bits per heavy atom. The molecule has 0 aromatic heterocycles. The second kappa shape index (κ2) is 9.76. The van der Waals surface area contributed by atoms with E-state index in [9.17, 15) is 14.9 Å². The fraction of sp³-hybridized carbons (Fsp3) is 0.476. The molecule has 5 nitrogen and oxygen atoms in total. The quantitative estimate of drug-likeness (QED) is 0.379. The van der Waals surface area contributed by atoms with Gasteiger partial charge >= 0.3 is 5.97 Å². The van der Waals surface area contributed by atoms with Crippen LogP contribution in [0.15, 0.2) is 29.8 Å². The van der Waals surface area contributed by atoms with Gasteiger partial charge in [-0.1, -0.05) is 55.5 Å². The molecule has 1 fully saturated rings. The van der Waals surface area contributed by atoms with E-state index in [0.717, 1.165) is 36.8 Å². The van der Waals surface area contributed by atoms with Crippen molar-refractivity contribution >= 4 is 18.0 Å². The fourth-order valence-electron chi connectivity index (χ4n) is 2.99. The number of amides is 1. The van der Waals surface area contributed by atoms with Gasteiger partial charge in [0.1, 0.15) is 11.6 Å². The number of carbonyl (C=O) groups excluding carboxylic acids is 2. The molecule has 1 saturated carbocycles. The Morgan fingerprint density at radius 3 is 2.38 bits per heavy atom. The summed E-state index contributed by atoms with van der Waals surface area (Å²) in [4.78, 5) is 24.5. The lowest BCUT2D eigenvalue weighted by molar-refractivity contribution is -0.151. The third-order valence-corrected chi connectivity index (χ3v) is 4.58.